The molecule has 2 nitrogen and oxygen atoms in total. The van der Waals surface area contributed by atoms with E-state index in [4.69, 9.17) is 5.73 Å². The van der Waals surface area contributed by atoms with Crippen LogP contribution in [0.4, 0.5) is 5.69 Å². The van der Waals surface area contributed by atoms with Crippen LogP contribution in [0.5, 0.6) is 0 Å². The summed E-state index contributed by atoms with van der Waals surface area (Å²) in [5, 5.41) is 0.981. The van der Waals surface area contributed by atoms with Crippen LogP contribution in [0.1, 0.15) is 12.0 Å². The molecule has 1 aromatic rings. The minimum absolute atomic E-state index is 0.725. The van der Waals surface area contributed by atoms with Crippen molar-refractivity contribution in [2.24, 2.45) is 0 Å². The van der Waals surface area contributed by atoms with Gasteiger partial charge >= 0.3 is 0 Å². The molecule has 12 heavy (non-hydrogen) atoms. The van der Waals surface area contributed by atoms with Gasteiger partial charge in [-0.25, -0.2) is 0 Å². The second kappa shape index (κ2) is 4.93. The molecule has 1 heterocycles. The molecular formula is C9H11BrN2. The van der Waals surface area contributed by atoms with E-state index >= 15 is 0 Å². The molecule has 0 radical (unpaired) electrons. The molecule has 3 heteroatoms. The molecule has 0 saturated carbocycles. The molecule has 0 aliphatic carbocycles. The van der Waals surface area contributed by atoms with Crippen LogP contribution in [0.15, 0.2) is 24.5 Å². The van der Waals surface area contributed by atoms with E-state index in [2.05, 4.69) is 27.0 Å². The molecule has 1 rings (SSSR count). The van der Waals surface area contributed by atoms with Crippen molar-refractivity contribution in [2.75, 3.05) is 11.1 Å². The van der Waals surface area contributed by atoms with E-state index in [-0.39, 0.29) is 0 Å². The molecule has 0 aliphatic heterocycles. The maximum atomic E-state index is 5.68. The predicted octanol–water partition coefficient (Wildman–Crippen LogP) is 2.46. The van der Waals surface area contributed by atoms with Gasteiger partial charge in [-0.3, -0.25) is 4.98 Å². The Morgan fingerprint density at radius 2 is 2.42 bits per heavy atom. The molecule has 0 amide bonds. The summed E-state index contributed by atoms with van der Waals surface area (Å²) < 4.78 is 0. The predicted molar refractivity (Wildman–Crippen MR) is 56.1 cm³/mol. The lowest BCUT2D eigenvalue weighted by Gasteiger charge is -1.96. The highest BCUT2D eigenvalue weighted by atomic mass is 79.9. The van der Waals surface area contributed by atoms with Crippen LogP contribution in [0.25, 0.3) is 6.08 Å². The van der Waals surface area contributed by atoms with Crippen LogP contribution >= 0.6 is 15.9 Å². The van der Waals surface area contributed by atoms with Gasteiger partial charge in [-0.1, -0.05) is 28.1 Å². The van der Waals surface area contributed by atoms with E-state index in [0.29, 0.717) is 0 Å². The minimum Gasteiger partial charge on any atom is -0.397 e. The van der Waals surface area contributed by atoms with Crippen LogP contribution in [0.3, 0.4) is 0 Å². The smallest absolute Gasteiger partial charge is 0.0574 e. The molecule has 0 aliphatic rings. The molecule has 0 aromatic carbocycles. The van der Waals surface area contributed by atoms with Crippen LogP contribution in [0.2, 0.25) is 0 Å². The summed E-state index contributed by atoms with van der Waals surface area (Å²) in [6, 6.07) is 1.90. The number of anilines is 1. The van der Waals surface area contributed by atoms with E-state index < -0.39 is 0 Å². The van der Waals surface area contributed by atoms with E-state index in [0.717, 1.165) is 23.0 Å². The van der Waals surface area contributed by atoms with Crippen LogP contribution in [0, 0.1) is 0 Å². The average molecular weight is 227 g/mol. The summed E-state index contributed by atoms with van der Waals surface area (Å²) >= 11 is 3.35. The summed E-state index contributed by atoms with van der Waals surface area (Å²) in [4.78, 5) is 3.91. The van der Waals surface area contributed by atoms with Crippen LogP contribution in [-0.4, -0.2) is 10.3 Å². The van der Waals surface area contributed by atoms with Crippen molar-refractivity contribution in [3.05, 3.63) is 30.1 Å². The zero-order valence-electron chi connectivity index (χ0n) is 6.70. The Morgan fingerprint density at radius 1 is 1.58 bits per heavy atom. The first-order chi connectivity index (χ1) is 5.84. The SMILES string of the molecule is Nc1cnccc1C=CCCBr. The molecule has 0 saturated heterocycles. The third-order valence-corrected chi connectivity index (χ3v) is 1.92. The highest BCUT2D eigenvalue weighted by molar-refractivity contribution is 9.09. The fourth-order valence-electron chi connectivity index (χ4n) is 0.843. The highest BCUT2D eigenvalue weighted by Crippen LogP contribution is 2.10. The second-order valence-corrected chi connectivity index (χ2v) is 3.18. The van der Waals surface area contributed by atoms with Gasteiger partial charge in [0.2, 0.25) is 0 Å². The van der Waals surface area contributed by atoms with Gasteiger partial charge in [-0.05, 0) is 12.5 Å². The Morgan fingerprint density at radius 3 is 3.08 bits per heavy atom. The standard InChI is InChI=1S/C9H11BrN2/c10-5-2-1-3-8-4-6-12-7-9(8)11/h1,3-4,6-7H,2,5,11H2. The molecule has 0 spiro atoms. The lowest BCUT2D eigenvalue weighted by atomic mass is 10.2. The van der Waals surface area contributed by atoms with Gasteiger partial charge in [-0.15, -0.1) is 0 Å². The number of nitrogens with zero attached hydrogens (tertiary/aromatic N) is 1. The number of rotatable bonds is 3. The van der Waals surface area contributed by atoms with Crippen molar-refractivity contribution < 1.29 is 0 Å². The lowest BCUT2D eigenvalue weighted by molar-refractivity contribution is 1.27. The summed E-state index contributed by atoms with van der Waals surface area (Å²) in [7, 11) is 0. The van der Waals surface area contributed by atoms with E-state index in [1.807, 2.05) is 12.1 Å². The molecule has 1 aromatic heterocycles. The topological polar surface area (TPSA) is 38.9 Å². The van der Waals surface area contributed by atoms with Gasteiger partial charge in [0.1, 0.15) is 0 Å². The molecule has 64 valence electrons. The van der Waals surface area contributed by atoms with Crippen molar-refractivity contribution in [3.8, 4) is 0 Å². The van der Waals surface area contributed by atoms with Gasteiger partial charge in [0.05, 0.1) is 11.9 Å². The highest BCUT2D eigenvalue weighted by Gasteiger charge is 1.90. The summed E-state index contributed by atoms with van der Waals surface area (Å²) in [6.07, 6.45) is 8.51. The normalized spacial score (nSPS) is 10.8. The van der Waals surface area contributed by atoms with Crippen LogP contribution < -0.4 is 5.73 Å². The van der Waals surface area contributed by atoms with Gasteiger partial charge in [0, 0.05) is 17.1 Å². The Labute approximate surface area is 80.6 Å². The molecular weight excluding hydrogens is 216 g/mol. The summed E-state index contributed by atoms with van der Waals surface area (Å²) in [5.74, 6) is 0. The van der Waals surface area contributed by atoms with E-state index in [1.165, 1.54) is 0 Å². The fourth-order valence-corrected chi connectivity index (χ4v) is 1.11. The van der Waals surface area contributed by atoms with Crippen molar-refractivity contribution in [2.45, 2.75) is 6.42 Å². The fraction of sp³-hybridized carbons (Fsp3) is 0.222. The lowest BCUT2D eigenvalue weighted by Crippen LogP contribution is -1.89. The monoisotopic (exact) mass is 226 g/mol. The van der Waals surface area contributed by atoms with E-state index in [1.54, 1.807) is 12.4 Å². The number of hydrogen-bond acceptors (Lipinski definition) is 2. The minimum atomic E-state index is 0.725. The summed E-state index contributed by atoms with van der Waals surface area (Å²) in [6.45, 7) is 0. The summed E-state index contributed by atoms with van der Waals surface area (Å²) in [5.41, 5.74) is 7.44. The van der Waals surface area contributed by atoms with Gasteiger partial charge in [0.15, 0.2) is 0 Å². The molecule has 0 bridgehead atoms. The van der Waals surface area contributed by atoms with Crippen molar-refractivity contribution in [1.29, 1.82) is 0 Å². The third-order valence-electron chi connectivity index (χ3n) is 1.46. The Bertz CT molecular complexity index is 271. The number of allylic oxidation sites excluding steroid dienone is 1. The number of nitrogen functional groups attached to an aromatic ring is 1. The largest absolute Gasteiger partial charge is 0.397 e. The average Bonchev–Trinajstić information content (AvgIpc) is 2.09. The maximum absolute atomic E-state index is 5.68. The van der Waals surface area contributed by atoms with Gasteiger partial charge < -0.3 is 5.73 Å². The van der Waals surface area contributed by atoms with Crippen molar-refractivity contribution in [3.63, 3.8) is 0 Å². The quantitative estimate of drug-likeness (QED) is 0.805. The molecule has 0 unspecified atom stereocenters. The number of pyridine rings is 1. The first-order valence-corrected chi connectivity index (χ1v) is 4.88. The van der Waals surface area contributed by atoms with E-state index in [9.17, 15) is 0 Å². The zero-order chi connectivity index (χ0) is 8.81. The Kier molecular flexibility index (Phi) is 3.80. The Balaban J connectivity index is 2.68. The van der Waals surface area contributed by atoms with Gasteiger partial charge in [-0.2, -0.15) is 0 Å². The number of alkyl halides is 1. The maximum Gasteiger partial charge on any atom is 0.0574 e. The second-order valence-electron chi connectivity index (χ2n) is 2.38. The molecule has 0 fully saturated rings. The van der Waals surface area contributed by atoms with Gasteiger partial charge in [0.25, 0.3) is 0 Å². The number of halogens is 1. The first kappa shape index (κ1) is 9.26. The van der Waals surface area contributed by atoms with Crippen LogP contribution in [-0.2, 0) is 0 Å². The number of aromatic nitrogens is 1. The van der Waals surface area contributed by atoms with Crippen molar-refractivity contribution >= 4 is 27.7 Å². The zero-order valence-corrected chi connectivity index (χ0v) is 8.29. The first-order valence-electron chi connectivity index (χ1n) is 3.76. The number of nitrogens with two attached hydrogens (primary N) is 1. The Hall–Kier alpha value is -0.830. The molecule has 0 atom stereocenters. The van der Waals surface area contributed by atoms with Crippen molar-refractivity contribution in [1.82, 2.24) is 4.98 Å². The molecule has 2 N–H and O–H groups in total. The third kappa shape index (κ3) is 2.66. The number of hydrogen-bond donors (Lipinski definition) is 1.